The van der Waals surface area contributed by atoms with Gasteiger partial charge < -0.3 is 9.64 Å². The average Bonchev–Trinajstić information content (AvgIpc) is 2.54. The Labute approximate surface area is 103 Å². The Hall–Kier alpha value is -0.440. The van der Waals surface area contributed by atoms with Gasteiger partial charge in [0.25, 0.3) is 0 Å². The Kier molecular flexibility index (Phi) is 5.39. The molecule has 0 spiro atoms. The highest BCUT2D eigenvalue weighted by molar-refractivity contribution is 6.18. The summed E-state index contributed by atoms with van der Waals surface area (Å²) >= 11 is 5.78. The van der Waals surface area contributed by atoms with Gasteiger partial charge in [-0.2, -0.15) is 0 Å². The number of carbonyl (C=O) groups is 1. The third-order valence-corrected chi connectivity index (χ3v) is 3.54. The van der Waals surface area contributed by atoms with Crippen LogP contribution in [0.25, 0.3) is 0 Å². The van der Waals surface area contributed by atoms with Crippen LogP contribution in [0.15, 0.2) is 0 Å². The molecule has 0 aromatic heterocycles. The third-order valence-electron chi connectivity index (χ3n) is 2.81. The van der Waals surface area contributed by atoms with Gasteiger partial charge in [0.15, 0.2) is 0 Å². The van der Waals surface area contributed by atoms with E-state index in [1.54, 1.807) is 0 Å². The highest BCUT2D eigenvalue weighted by atomic mass is 35.5. The van der Waals surface area contributed by atoms with Crippen LogP contribution in [0.3, 0.4) is 0 Å². The molecule has 0 N–H and O–H groups in total. The van der Waals surface area contributed by atoms with Crippen molar-refractivity contribution in [1.82, 2.24) is 4.90 Å². The molecule has 0 aromatic rings. The summed E-state index contributed by atoms with van der Waals surface area (Å²) in [4.78, 5) is 13.6. The van der Waals surface area contributed by atoms with Crippen LogP contribution in [0.5, 0.6) is 0 Å². The number of likely N-dealkylation sites (tertiary alicyclic amines) is 1. The lowest BCUT2D eigenvalue weighted by atomic mass is 9.98. The van der Waals surface area contributed by atoms with Crippen LogP contribution in [-0.2, 0) is 4.74 Å². The lowest BCUT2D eigenvalue weighted by Crippen LogP contribution is -2.35. The Morgan fingerprint density at radius 3 is 2.31 bits per heavy atom. The molecule has 0 bridgehead atoms. The van der Waals surface area contributed by atoms with Crippen LogP contribution in [0.1, 0.15) is 39.5 Å². The van der Waals surface area contributed by atoms with Crippen LogP contribution >= 0.6 is 11.6 Å². The van der Waals surface area contributed by atoms with E-state index >= 15 is 0 Å². The maximum atomic E-state index is 11.8. The molecule has 0 saturated carbocycles. The lowest BCUT2D eigenvalue weighted by molar-refractivity contribution is 0.0741. The predicted molar refractivity (Wildman–Crippen MR) is 65.9 cm³/mol. The van der Waals surface area contributed by atoms with Crippen molar-refractivity contribution in [3.8, 4) is 0 Å². The van der Waals surface area contributed by atoms with Crippen LogP contribution in [0.4, 0.5) is 4.79 Å². The van der Waals surface area contributed by atoms with Crippen molar-refractivity contribution < 1.29 is 9.53 Å². The van der Waals surface area contributed by atoms with Gasteiger partial charge in [-0.15, -0.1) is 11.6 Å². The number of hydrogen-bond donors (Lipinski definition) is 0. The summed E-state index contributed by atoms with van der Waals surface area (Å²) in [6.07, 6.45) is 4.44. The van der Waals surface area contributed by atoms with E-state index in [9.17, 15) is 4.79 Å². The number of hydrogen-bond acceptors (Lipinski definition) is 2. The average molecular weight is 248 g/mol. The zero-order valence-electron chi connectivity index (χ0n) is 10.3. The largest absolute Gasteiger partial charge is 0.449 e. The molecule has 3 nitrogen and oxygen atoms in total. The van der Waals surface area contributed by atoms with Gasteiger partial charge in [0.05, 0.1) is 6.61 Å². The quantitative estimate of drug-likeness (QED) is 0.717. The molecule has 1 aliphatic heterocycles. The molecule has 1 heterocycles. The summed E-state index contributed by atoms with van der Waals surface area (Å²) in [5.41, 5.74) is -0.136. The Balaban J connectivity index is 2.33. The van der Waals surface area contributed by atoms with E-state index < -0.39 is 0 Å². The second-order valence-electron chi connectivity index (χ2n) is 5.25. The molecule has 1 aliphatic rings. The van der Waals surface area contributed by atoms with Gasteiger partial charge in [-0.25, -0.2) is 4.79 Å². The molecule has 0 aliphatic carbocycles. The second-order valence-corrected chi connectivity index (χ2v) is 5.52. The van der Waals surface area contributed by atoms with E-state index in [4.69, 9.17) is 16.3 Å². The third kappa shape index (κ3) is 4.60. The van der Waals surface area contributed by atoms with E-state index in [1.807, 2.05) is 18.7 Å². The number of nitrogens with zero attached hydrogens (tertiary/aromatic N) is 1. The lowest BCUT2D eigenvalue weighted by Gasteiger charge is -2.25. The van der Waals surface area contributed by atoms with Crippen LogP contribution < -0.4 is 0 Å². The fourth-order valence-electron chi connectivity index (χ4n) is 1.64. The fraction of sp³-hybridized carbons (Fsp3) is 0.917. The van der Waals surface area contributed by atoms with Crippen molar-refractivity contribution >= 4 is 17.7 Å². The first-order valence-electron chi connectivity index (χ1n) is 6.03. The van der Waals surface area contributed by atoms with E-state index in [-0.39, 0.29) is 11.5 Å². The molecule has 4 heteroatoms. The summed E-state index contributed by atoms with van der Waals surface area (Å²) in [7, 11) is 0. The number of rotatable bonds is 3. The minimum absolute atomic E-state index is 0.136. The molecule has 0 radical (unpaired) electrons. The van der Waals surface area contributed by atoms with Crippen LogP contribution in [0, 0.1) is 5.41 Å². The number of halogens is 1. The second kappa shape index (κ2) is 6.33. The summed E-state index contributed by atoms with van der Waals surface area (Å²) < 4.78 is 5.30. The molecule has 1 rings (SSSR count). The fourth-order valence-corrected chi connectivity index (χ4v) is 1.72. The van der Waals surface area contributed by atoms with E-state index in [0.29, 0.717) is 12.5 Å². The number of ether oxygens (including phenoxy) is 1. The molecule has 1 fully saturated rings. The van der Waals surface area contributed by atoms with Gasteiger partial charge >= 0.3 is 6.09 Å². The molecule has 0 atom stereocenters. The van der Waals surface area contributed by atoms with Crippen LogP contribution in [0.2, 0.25) is 0 Å². The SMILES string of the molecule is CC(C)(CCl)COC(=O)N1CCCCCC1. The first kappa shape index (κ1) is 13.6. The number of alkyl halides is 1. The topological polar surface area (TPSA) is 29.5 Å². The Bertz CT molecular complexity index is 223. The molecular weight excluding hydrogens is 226 g/mol. The molecule has 0 aromatic carbocycles. The minimum Gasteiger partial charge on any atom is -0.449 e. The zero-order chi connectivity index (χ0) is 12.0. The van der Waals surface area contributed by atoms with Crippen molar-refractivity contribution in [2.75, 3.05) is 25.6 Å². The Morgan fingerprint density at radius 1 is 1.25 bits per heavy atom. The molecule has 1 amide bonds. The van der Waals surface area contributed by atoms with Crippen molar-refractivity contribution in [3.05, 3.63) is 0 Å². The van der Waals surface area contributed by atoms with E-state index in [1.165, 1.54) is 12.8 Å². The van der Waals surface area contributed by atoms with Gasteiger partial charge in [-0.3, -0.25) is 0 Å². The van der Waals surface area contributed by atoms with Crippen LogP contribution in [-0.4, -0.2) is 36.6 Å². The number of carbonyl (C=O) groups excluding carboxylic acids is 1. The molecular formula is C12H22ClNO2. The van der Waals surface area contributed by atoms with Crippen molar-refractivity contribution in [2.24, 2.45) is 5.41 Å². The zero-order valence-corrected chi connectivity index (χ0v) is 11.1. The smallest absolute Gasteiger partial charge is 0.409 e. The molecule has 0 unspecified atom stereocenters. The van der Waals surface area contributed by atoms with Crippen molar-refractivity contribution in [3.63, 3.8) is 0 Å². The standard InChI is InChI=1S/C12H22ClNO2/c1-12(2,9-13)10-16-11(15)14-7-5-3-4-6-8-14/h3-10H2,1-2H3. The monoisotopic (exact) mass is 247 g/mol. The highest BCUT2D eigenvalue weighted by Crippen LogP contribution is 2.18. The Morgan fingerprint density at radius 2 is 1.81 bits per heavy atom. The maximum Gasteiger partial charge on any atom is 0.409 e. The molecule has 1 saturated heterocycles. The molecule has 16 heavy (non-hydrogen) atoms. The van der Waals surface area contributed by atoms with E-state index in [0.717, 1.165) is 25.9 Å². The summed E-state index contributed by atoms with van der Waals surface area (Å²) in [5, 5.41) is 0. The minimum atomic E-state index is -0.180. The van der Waals surface area contributed by atoms with Crippen molar-refractivity contribution in [1.29, 1.82) is 0 Å². The summed E-state index contributed by atoms with van der Waals surface area (Å²) in [5.74, 6) is 0.500. The van der Waals surface area contributed by atoms with Gasteiger partial charge in [0.1, 0.15) is 0 Å². The van der Waals surface area contributed by atoms with E-state index in [2.05, 4.69) is 0 Å². The highest BCUT2D eigenvalue weighted by Gasteiger charge is 2.22. The molecule has 94 valence electrons. The first-order valence-corrected chi connectivity index (χ1v) is 6.56. The predicted octanol–water partition coefficient (Wildman–Crippen LogP) is 3.26. The first-order chi connectivity index (χ1) is 7.55. The summed E-state index contributed by atoms with van der Waals surface area (Å²) in [6.45, 7) is 6.05. The van der Waals surface area contributed by atoms with Crippen molar-refractivity contribution in [2.45, 2.75) is 39.5 Å². The van der Waals surface area contributed by atoms with Gasteiger partial charge in [-0.1, -0.05) is 26.7 Å². The summed E-state index contributed by atoms with van der Waals surface area (Å²) in [6, 6.07) is 0. The van der Waals surface area contributed by atoms with Gasteiger partial charge in [0, 0.05) is 24.4 Å². The van der Waals surface area contributed by atoms with Gasteiger partial charge in [-0.05, 0) is 12.8 Å². The maximum absolute atomic E-state index is 11.8. The van der Waals surface area contributed by atoms with Gasteiger partial charge in [0.2, 0.25) is 0 Å². The normalized spacial score (nSPS) is 18.1. The number of amides is 1.